The number of aliphatic hydroxyl groups is 1. The summed E-state index contributed by atoms with van der Waals surface area (Å²) in [7, 11) is 0. The van der Waals surface area contributed by atoms with Crippen molar-refractivity contribution in [1.29, 1.82) is 0 Å². The lowest BCUT2D eigenvalue weighted by Crippen LogP contribution is -2.29. The summed E-state index contributed by atoms with van der Waals surface area (Å²) < 4.78 is 5.83. The van der Waals surface area contributed by atoms with E-state index in [9.17, 15) is 5.11 Å². The Kier molecular flexibility index (Phi) is 46.8. The Hall–Kier alpha value is -0.650. The molecule has 5 heteroatoms. The standard InChI is InChI=1S/C41H85NO2.CH2O2/c1-4-7-10-13-18-25-32-41(33-26-19-14-11-8-5-2)34-27-20-16-21-28-35-42(37-38-43)36-29-22-17-24-31-40-44-39-30-23-15-12-9-6-3;2-1-3/h41,43H,4-40H2,1-3H3;1H,(H,2,3). The van der Waals surface area contributed by atoms with Crippen LogP contribution in [0.5, 0.6) is 0 Å². The van der Waals surface area contributed by atoms with Crippen LogP contribution < -0.4 is 0 Å². The number of hydrogen-bond donors (Lipinski definition) is 2. The Bertz CT molecular complexity index is 531. The maximum atomic E-state index is 9.55. The van der Waals surface area contributed by atoms with E-state index in [1.807, 2.05) is 0 Å². The van der Waals surface area contributed by atoms with Gasteiger partial charge in [0.1, 0.15) is 0 Å². The van der Waals surface area contributed by atoms with Gasteiger partial charge in [-0.15, -0.1) is 0 Å². The lowest BCUT2D eigenvalue weighted by Gasteiger charge is -2.21. The number of aliphatic hydroxyl groups excluding tert-OH is 1. The summed E-state index contributed by atoms with van der Waals surface area (Å²) in [6, 6.07) is 0. The van der Waals surface area contributed by atoms with Crippen LogP contribution in [-0.4, -0.2) is 61.0 Å². The van der Waals surface area contributed by atoms with Gasteiger partial charge < -0.3 is 19.8 Å². The molecule has 0 unspecified atom stereocenters. The topological polar surface area (TPSA) is 70.0 Å². The highest BCUT2D eigenvalue weighted by atomic mass is 16.5. The number of hydrogen-bond acceptors (Lipinski definition) is 4. The zero-order valence-electron chi connectivity index (χ0n) is 32.5. The van der Waals surface area contributed by atoms with Crippen molar-refractivity contribution < 1.29 is 19.7 Å². The molecule has 0 radical (unpaired) electrons. The van der Waals surface area contributed by atoms with Crippen LogP contribution in [0.2, 0.25) is 0 Å². The van der Waals surface area contributed by atoms with Crippen molar-refractivity contribution in [1.82, 2.24) is 4.90 Å². The van der Waals surface area contributed by atoms with E-state index >= 15 is 0 Å². The third kappa shape index (κ3) is 43.3. The number of unbranched alkanes of at least 4 members (excludes halogenated alkanes) is 23. The predicted molar refractivity (Wildman–Crippen MR) is 207 cm³/mol. The zero-order chi connectivity index (χ0) is 34.7. The largest absolute Gasteiger partial charge is 0.483 e. The van der Waals surface area contributed by atoms with Crippen molar-refractivity contribution in [3.8, 4) is 0 Å². The lowest BCUT2D eigenvalue weighted by atomic mass is 9.89. The molecule has 0 amide bonds. The molecule has 0 aromatic rings. The second kappa shape index (κ2) is 45.3. The molecule has 0 aromatic heterocycles. The highest BCUT2D eigenvalue weighted by Gasteiger charge is 2.09. The number of carbonyl (C=O) groups is 1. The molecule has 0 aromatic carbocycles. The van der Waals surface area contributed by atoms with Gasteiger partial charge in [-0.2, -0.15) is 0 Å². The number of rotatable bonds is 39. The summed E-state index contributed by atoms with van der Waals surface area (Å²) in [6.45, 7) is 12.1. The minimum Gasteiger partial charge on any atom is -0.483 e. The van der Waals surface area contributed by atoms with Gasteiger partial charge in [-0.3, -0.25) is 4.79 Å². The average molecular weight is 670 g/mol. The number of carboxylic acid groups (broad SMARTS) is 1. The van der Waals surface area contributed by atoms with E-state index in [0.717, 1.165) is 32.2 Å². The second-order valence-electron chi connectivity index (χ2n) is 14.4. The van der Waals surface area contributed by atoms with Gasteiger partial charge in [-0.1, -0.05) is 194 Å². The summed E-state index contributed by atoms with van der Waals surface area (Å²) in [5.74, 6) is 0.991. The molecule has 0 spiro atoms. The third-order valence-corrected chi connectivity index (χ3v) is 9.84. The van der Waals surface area contributed by atoms with Crippen LogP contribution in [0.1, 0.15) is 220 Å². The van der Waals surface area contributed by atoms with Gasteiger partial charge in [0.25, 0.3) is 6.47 Å². The second-order valence-corrected chi connectivity index (χ2v) is 14.4. The van der Waals surface area contributed by atoms with Crippen LogP contribution in [0.3, 0.4) is 0 Å². The highest BCUT2D eigenvalue weighted by molar-refractivity contribution is 5.32. The molecule has 0 saturated heterocycles. The van der Waals surface area contributed by atoms with Crippen LogP contribution in [0.15, 0.2) is 0 Å². The van der Waals surface area contributed by atoms with Gasteiger partial charge >= 0.3 is 0 Å². The molecular formula is C42H87NO4. The van der Waals surface area contributed by atoms with Crippen molar-refractivity contribution in [3.63, 3.8) is 0 Å². The van der Waals surface area contributed by atoms with Gasteiger partial charge in [0.15, 0.2) is 0 Å². The van der Waals surface area contributed by atoms with Crippen LogP contribution in [0, 0.1) is 5.92 Å². The minimum absolute atomic E-state index is 0.250. The summed E-state index contributed by atoms with van der Waals surface area (Å²) in [6.07, 6.45) is 43.1. The first-order chi connectivity index (χ1) is 23.2. The Morgan fingerprint density at radius 3 is 1.11 bits per heavy atom. The van der Waals surface area contributed by atoms with Crippen LogP contribution in [0.25, 0.3) is 0 Å². The molecular weight excluding hydrogens is 582 g/mol. The molecule has 284 valence electrons. The fourth-order valence-electron chi connectivity index (χ4n) is 6.79. The Labute approximate surface area is 295 Å². The van der Waals surface area contributed by atoms with Gasteiger partial charge in [0.2, 0.25) is 0 Å². The minimum atomic E-state index is -0.250. The summed E-state index contributed by atoms with van der Waals surface area (Å²) in [5.41, 5.74) is 0. The van der Waals surface area contributed by atoms with Crippen LogP contribution >= 0.6 is 0 Å². The molecule has 0 bridgehead atoms. The quantitative estimate of drug-likeness (QED) is 0.0503. The molecule has 0 heterocycles. The highest BCUT2D eigenvalue weighted by Crippen LogP contribution is 2.25. The molecule has 0 saturated carbocycles. The van der Waals surface area contributed by atoms with E-state index in [1.54, 1.807) is 0 Å². The molecule has 0 fully saturated rings. The van der Waals surface area contributed by atoms with Crippen molar-refractivity contribution in [3.05, 3.63) is 0 Å². The maximum absolute atomic E-state index is 9.55. The first kappa shape index (κ1) is 48.5. The van der Waals surface area contributed by atoms with Crippen LogP contribution in [0.4, 0.5) is 0 Å². The normalized spacial score (nSPS) is 11.4. The van der Waals surface area contributed by atoms with Crippen LogP contribution in [-0.2, 0) is 9.53 Å². The van der Waals surface area contributed by atoms with E-state index in [1.165, 1.54) is 206 Å². The Balaban J connectivity index is 0. The smallest absolute Gasteiger partial charge is 0.290 e. The van der Waals surface area contributed by atoms with E-state index < -0.39 is 0 Å². The van der Waals surface area contributed by atoms with E-state index in [4.69, 9.17) is 14.6 Å². The lowest BCUT2D eigenvalue weighted by molar-refractivity contribution is -0.122. The van der Waals surface area contributed by atoms with Crippen molar-refractivity contribution in [2.75, 3.05) is 39.5 Å². The Morgan fingerprint density at radius 1 is 0.468 bits per heavy atom. The maximum Gasteiger partial charge on any atom is 0.290 e. The monoisotopic (exact) mass is 670 g/mol. The summed E-state index contributed by atoms with van der Waals surface area (Å²) in [5, 5.41) is 16.4. The molecule has 0 aliphatic carbocycles. The fraction of sp³-hybridized carbons (Fsp3) is 0.976. The molecule has 0 rings (SSSR count). The van der Waals surface area contributed by atoms with E-state index in [0.29, 0.717) is 6.61 Å². The summed E-state index contributed by atoms with van der Waals surface area (Å²) >= 11 is 0. The first-order valence-corrected chi connectivity index (χ1v) is 21.2. The third-order valence-electron chi connectivity index (χ3n) is 9.84. The molecule has 0 atom stereocenters. The fourth-order valence-corrected chi connectivity index (χ4v) is 6.79. The molecule has 2 N–H and O–H groups in total. The Morgan fingerprint density at radius 2 is 0.766 bits per heavy atom. The van der Waals surface area contributed by atoms with Crippen molar-refractivity contribution >= 4 is 6.47 Å². The van der Waals surface area contributed by atoms with Gasteiger partial charge in [0, 0.05) is 19.8 Å². The first-order valence-electron chi connectivity index (χ1n) is 21.2. The molecule has 47 heavy (non-hydrogen) atoms. The average Bonchev–Trinajstić information content (AvgIpc) is 3.07. The summed E-state index contributed by atoms with van der Waals surface area (Å²) in [4.78, 5) is 10.9. The number of ether oxygens (including phenoxy) is 1. The van der Waals surface area contributed by atoms with Gasteiger partial charge in [-0.25, -0.2) is 0 Å². The number of nitrogens with zero attached hydrogens (tertiary/aromatic N) is 1. The van der Waals surface area contributed by atoms with Crippen molar-refractivity contribution in [2.45, 2.75) is 220 Å². The van der Waals surface area contributed by atoms with Gasteiger partial charge in [0.05, 0.1) is 6.61 Å². The zero-order valence-corrected chi connectivity index (χ0v) is 32.5. The molecule has 0 aliphatic rings. The van der Waals surface area contributed by atoms with Crippen molar-refractivity contribution in [2.24, 2.45) is 5.92 Å². The predicted octanol–water partition coefficient (Wildman–Crippen LogP) is 12.8. The van der Waals surface area contributed by atoms with E-state index in [-0.39, 0.29) is 6.47 Å². The molecule has 0 aliphatic heterocycles. The SMILES string of the molecule is CCCCCCCCOCCCCCCCN(CCO)CCCCCCCC(CCCCCCCC)CCCCCCCC.O=CO. The molecule has 5 nitrogen and oxygen atoms in total. The van der Waals surface area contributed by atoms with E-state index in [2.05, 4.69) is 25.7 Å². The van der Waals surface area contributed by atoms with Gasteiger partial charge in [-0.05, 0) is 44.7 Å².